The number of pyridine rings is 1. The van der Waals surface area contributed by atoms with Crippen molar-refractivity contribution in [3.05, 3.63) is 17.5 Å². The Hall–Kier alpha value is -1.81. The minimum atomic E-state index is -4.93. The first-order chi connectivity index (χ1) is 12.2. The van der Waals surface area contributed by atoms with Crippen LogP contribution in [0, 0.1) is 6.92 Å². The van der Waals surface area contributed by atoms with Crippen molar-refractivity contribution in [2.24, 2.45) is 0 Å². The summed E-state index contributed by atoms with van der Waals surface area (Å²) in [4.78, 5) is 4.39. The molecule has 1 aliphatic rings. The van der Waals surface area contributed by atoms with E-state index in [1.54, 1.807) is 17.8 Å². The Morgan fingerprint density at radius 2 is 1.96 bits per heavy atom. The van der Waals surface area contributed by atoms with Crippen molar-refractivity contribution in [2.75, 3.05) is 11.5 Å². The Morgan fingerprint density at radius 3 is 2.69 bits per heavy atom. The lowest BCUT2D eigenvalue weighted by atomic mass is 9.95. The van der Waals surface area contributed by atoms with Crippen LogP contribution >= 0.6 is 11.8 Å². The first-order valence-electron chi connectivity index (χ1n) is 8.26. The van der Waals surface area contributed by atoms with E-state index in [2.05, 4.69) is 15.2 Å². The SMILES string of the molecule is Cc1cc(N)c2nc1SCCCCCC[C@](O)(C(F)(F)F)c1nnc-2o1. The van der Waals surface area contributed by atoms with E-state index >= 15 is 0 Å². The van der Waals surface area contributed by atoms with E-state index in [0.29, 0.717) is 6.42 Å². The molecule has 26 heavy (non-hydrogen) atoms. The largest absolute Gasteiger partial charge is 0.426 e. The number of rotatable bonds is 0. The molecule has 1 atom stereocenters. The summed E-state index contributed by atoms with van der Waals surface area (Å²) < 4.78 is 45.7. The van der Waals surface area contributed by atoms with Gasteiger partial charge in [-0.2, -0.15) is 13.2 Å². The van der Waals surface area contributed by atoms with Gasteiger partial charge in [0.15, 0.2) is 5.69 Å². The fraction of sp³-hybridized carbons (Fsp3) is 0.562. The van der Waals surface area contributed by atoms with E-state index in [0.717, 1.165) is 29.2 Å². The molecule has 0 amide bonds. The maximum Gasteiger partial charge on any atom is 0.426 e. The number of hydrogen-bond donors (Lipinski definition) is 2. The Balaban J connectivity index is 2.10. The molecule has 1 aliphatic heterocycles. The van der Waals surface area contributed by atoms with Gasteiger partial charge in [-0.3, -0.25) is 0 Å². The zero-order valence-corrected chi connectivity index (χ0v) is 15.0. The lowest BCUT2D eigenvalue weighted by Gasteiger charge is -2.26. The highest BCUT2D eigenvalue weighted by Crippen LogP contribution is 2.43. The molecular formula is C16H19F3N4O2S. The van der Waals surface area contributed by atoms with E-state index in [4.69, 9.17) is 10.2 Å². The molecule has 0 saturated heterocycles. The lowest BCUT2D eigenvalue weighted by Crippen LogP contribution is -2.42. The molecule has 0 fully saturated rings. The van der Waals surface area contributed by atoms with Crippen LogP contribution in [-0.2, 0) is 5.60 Å². The third-order valence-electron chi connectivity index (χ3n) is 4.32. The van der Waals surface area contributed by atoms with Crippen LogP contribution in [-0.4, -0.2) is 32.2 Å². The summed E-state index contributed by atoms with van der Waals surface area (Å²) in [6.45, 7) is 1.86. The highest BCUT2D eigenvalue weighted by Gasteiger charge is 2.58. The average molecular weight is 388 g/mol. The molecule has 0 spiro atoms. The number of halogens is 3. The minimum Gasteiger partial charge on any atom is -0.416 e. The number of alkyl halides is 3. The summed E-state index contributed by atoms with van der Waals surface area (Å²) >= 11 is 1.56. The molecule has 0 unspecified atom stereocenters. The smallest absolute Gasteiger partial charge is 0.416 e. The van der Waals surface area contributed by atoms with Gasteiger partial charge in [-0.1, -0.05) is 12.8 Å². The third-order valence-corrected chi connectivity index (χ3v) is 5.50. The van der Waals surface area contributed by atoms with Crippen LogP contribution in [0.15, 0.2) is 15.5 Å². The van der Waals surface area contributed by atoms with Crippen LogP contribution in [0.4, 0.5) is 18.9 Å². The van der Waals surface area contributed by atoms with E-state index in [1.165, 1.54) is 0 Å². The molecule has 2 aromatic rings. The molecule has 2 aromatic heterocycles. The second-order valence-electron chi connectivity index (χ2n) is 6.33. The molecule has 3 N–H and O–H groups in total. The summed E-state index contributed by atoms with van der Waals surface area (Å²) in [5.41, 5.74) is 3.98. The summed E-state index contributed by atoms with van der Waals surface area (Å²) in [6, 6.07) is 1.68. The number of fused-ring (bicyclic) bond motifs is 5. The number of aliphatic hydroxyl groups is 1. The van der Waals surface area contributed by atoms with Crippen molar-refractivity contribution >= 4 is 17.4 Å². The molecule has 0 radical (unpaired) electrons. The predicted octanol–water partition coefficient (Wildman–Crippen LogP) is 3.83. The van der Waals surface area contributed by atoms with Crippen LogP contribution in [0.3, 0.4) is 0 Å². The number of aryl methyl sites for hydroxylation is 1. The van der Waals surface area contributed by atoms with E-state index < -0.39 is 24.1 Å². The molecule has 3 rings (SSSR count). The average Bonchev–Trinajstić information content (AvgIpc) is 3.03. The number of thioether (sulfide) groups is 1. The van der Waals surface area contributed by atoms with Gasteiger partial charge < -0.3 is 15.3 Å². The highest BCUT2D eigenvalue weighted by atomic mass is 32.2. The highest BCUT2D eigenvalue weighted by molar-refractivity contribution is 7.99. The van der Waals surface area contributed by atoms with Crippen LogP contribution in [0.25, 0.3) is 11.6 Å². The van der Waals surface area contributed by atoms with Crippen molar-refractivity contribution in [1.29, 1.82) is 0 Å². The quantitative estimate of drug-likeness (QED) is 0.708. The zero-order valence-electron chi connectivity index (χ0n) is 14.1. The van der Waals surface area contributed by atoms with Crippen LogP contribution < -0.4 is 5.73 Å². The van der Waals surface area contributed by atoms with Gasteiger partial charge in [0.1, 0.15) is 0 Å². The lowest BCUT2D eigenvalue weighted by molar-refractivity contribution is -0.277. The minimum absolute atomic E-state index is 0.124. The molecule has 0 aliphatic carbocycles. The molecule has 10 heteroatoms. The van der Waals surface area contributed by atoms with Gasteiger partial charge in [-0.05, 0) is 43.6 Å². The molecule has 0 saturated carbocycles. The number of anilines is 1. The Kier molecular flexibility index (Phi) is 5.16. The van der Waals surface area contributed by atoms with Gasteiger partial charge in [0, 0.05) is 0 Å². The van der Waals surface area contributed by atoms with Crippen molar-refractivity contribution in [1.82, 2.24) is 15.2 Å². The first-order valence-corrected chi connectivity index (χ1v) is 9.24. The molecule has 3 heterocycles. The molecule has 0 aromatic carbocycles. The number of aromatic nitrogens is 3. The summed E-state index contributed by atoms with van der Waals surface area (Å²) in [5, 5.41) is 18.1. The first kappa shape index (κ1) is 19.0. The fourth-order valence-electron chi connectivity index (χ4n) is 2.80. The second kappa shape index (κ2) is 7.07. The van der Waals surface area contributed by atoms with Gasteiger partial charge >= 0.3 is 6.18 Å². The van der Waals surface area contributed by atoms with E-state index in [1.807, 2.05) is 6.92 Å². The van der Waals surface area contributed by atoms with Gasteiger partial charge in [-0.25, -0.2) is 4.98 Å². The number of nitrogens with zero attached hydrogens (tertiary/aromatic N) is 3. The summed E-state index contributed by atoms with van der Waals surface area (Å²) in [7, 11) is 0. The van der Waals surface area contributed by atoms with Gasteiger partial charge in [0.25, 0.3) is 11.8 Å². The van der Waals surface area contributed by atoms with Crippen molar-refractivity contribution in [2.45, 2.75) is 55.8 Å². The monoisotopic (exact) mass is 388 g/mol. The topological polar surface area (TPSA) is 98.1 Å². The molecular weight excluding hydrogens is 369 g/mol. The van der Waals surface area contributed by atoms with Crippen LogP contribution in [0.1, 0.15) is 43.6 Å². The van der Waals surface area contributed by atoms with Crippen molar-refractivity contribution in [3.63, 3.8) is 0 Å². The Bertz CT molecular complexity index is 796. The standard InChI is InChI=1S/C16H19F3N4O2S/c1-9-8-10(20)11-12-22-23-14(25-12)15(24,16(17,18)19)6-4-2-3-5-7-26-13(9)21-11/h8,24H,2-7,20H2,1H3/t15-/m1/s1. The number of nitrogen functional groups attached to an aromatic ring is 1. The molecule has 6 nitrogen and oxygen atoms in total. The van der Waals surface area contributed by atoms with Crippen LogP contribution in [0.2, 0.25) is 0 Å². The Labute approximate surface area is 152 Å². The maximum absolute atomic E-state index is 13.5. The van der Waals surface area contributed by atoms with E-state index in [-0.39, 0.29) is 23.7 Å². The number of hydrogen-bond acceptors (Lipinski definition) is 7. The number of nitrogens with two attached hydrogens (primary N) is 1. The third kappa shape index (κ3) is 3.52. The van der Waals surface area contributed by atoms with Gasteiger partial charge in [-0.15, -0.1) is 22.0 Å². The fourth-order valence-corrected chi connectivity index (χ4v) is 3.78. The summed E-state index contributed by atoms with van der Waals surface area (Å²) in [6.07, 6.45) is -3.10. The summed E-state index contributed by atoms with van der Waals surface area (Å²) in [5.74, 6) is -0.331. The molecule has 4 bridgehead atoms. The Morgan fingerprint density at radius 1 is 1.23 bits per heavy atom. The zero-order chi connectivity index (χ0) is 18.9. The van der Waals surface area contributed by atoms with Gasteiger partial charge in [0.05, 0.1) is 10.7 Å². The van der Waals surface area contributed by atoms with Crippen molar-refractivity contribution < 1.29 is 22.7 Å². The van der Waals surface area contributed by atoms with Crippen LogP contribution in [0.5, 0.6) is 0 Å². The molecule has 142 valence electrons. The van der Waals surface area contributed by atoms with E-state index in [9.17, 15) is 18.3 Å². The second-order valence-corrected chi connectivity index (χ2v) is 7.41. The van der Waals surface area contributed by atoms with Gasteiger partial charge in [0.2, 0.25) is 5.60 Å². The predicted molar refractivity (Wildman–Crippen MR) is 90.4 cm³/mol. The maximum atomic E-state index is 13.5. The van der Waals surface area contributed by atoms with Crippen molar-refractivity contribution in [3.8, 4) is 11.6 Å². The normalized spacial score (nSPS) is 22.0.